The fourth-order valence-electron chi connectivity index (χ4n) is 0.684. The van der Waals surface area contributed by atoms with Gasteiger partial charge in [0, 0.05) is 12.8 Å². The Morgan fingerprint density at radius 2 is 2.56 bits per heavy atom. The van der Waals surface area contributed by atoms with E-state index in [4.69, 9.17) is 4.74 Å². The molecular weight excluding hydrogens is 116 g/mol. The molecule has 1 saturated heterocycles. The van der Waals surface area contributed by atoms with E-state index in [1.165, 1.54) is 0 Å². The van der Waals surface area contributed by atoms with Crippen LogP contribution in [0.25, 0.3) is 0 Å². The summed E-state index contributed by atoms with van der Waals surface area (Å²) in [5.74, 6) is 0.229. The van der Waals surface area contributed by atoms with Gasteiger partial charge >= 0.3 is 0 Å². The molecule has 0 bridgehead atoms. The summed E-state index contributed by atoms with van der Waals surface area (Å²) in [6, 6.07) is 0. The SMILES string of the molecule is C=CCC(=O)CC1CO1. The maximum absolute atomic E-state index is 10.7. The van der Waals surface area contributed by atoms with Crippen molar-refractivity contribution in [2.75, 3.05) is 6.61 Å². The highest BCUT2D eigenvalue weighted by molar-refractivity contribution is 5.80. The molecule has 0 aliphatic carbocycles. The lowest BCUT2D eigenvalue weighted by molar-refractivity contribution is -0.118. The van der Waals surface area contributed by atoms with E-state index in [1.54, 1.807) is 6.08 Å². The smallest absolute Gasteiger partial charge is 0.139 e. The molecule has 2 heteroatoms. The topological polar surface area (TPSA) is 29.6 Å². The van der Waals surface area contributed by atoms with Crippen LogP contribution in [0.1, 0.15) is 12.8 Å². The number of Topliss-reactive ketones (excluding diaryl/α,β-unsaturated/α-hetero) is 1. The molecule has 1 unspecified atom stereocenters. The molecule has 0 amide bonds. The second kappa shape index (κ2) is 2.78. The van der Waals surface area contributed by atoms with Gasteiger partial charge in [0.25, 0.3) is 0 Å². The van der Waals surface area contributed by atoms with Gasteiger partial charge < -0.3 is 4.74 Å². The van der Waals surface area contributed by atoms with Crippen molar-refractivity contribution in [2.24, 2.45) is 0 Å². The van der Waals surface area contributed by atoms with Crippen LogP contribution in [0.4, 0.5) is 0 Å². The Hall–Kier alpha value is -0.630. The summed E-state index contributed by atoms with van der Waals surface area (Å²) in [6.45, 7) is 4.23. The van der Waals surface area contributed by atoms with Gasteiger partial charge in [-0.05, 0) is 0 Å². The standard InChI is InChI=1S/C7H10O2/c1-2-3-6(8)4-7-5-9-7/h2,7H,1,3-5H2. The van der Waals surface area contributed by atoms with Crippen molar-refractivity contribution >= 4 is 5.78 Å². The molecule has 1 heterocycles. The molecule has 0 N–H and O–H groups in total. The summed E-state index contributed by atoms with van der Waals surface area (Å²) in [5, 5.41) is 0. The lowest BCUT2D eigenvalue weighted by Crippen LogP contribution is -1.99. The van der Waals surface area contributed by atoms with E-state index >= 15 is 0 Å². The first-order valence-corrected chi connectivity index (χ1v) is 3.07. The zero-order chi connectivity index (χ0) is 6.69. The van der Waals surface area contributed by atoms with Crippen LogP contribution in [0.5, 0.6) is 0 Å². The molecule has 1 atom stereocenters. The molecule has 1 aliphatic heterocycles. The lowest BCUT2D eigenvalue weighted by atomic mass is 10.2. The van der Waals surface area contributed by atoms with Crippen LogP contribution in [-0.2, 0) is 9.53 Å². The molecule has 0 radical (unpaired) electrons. The molecule has 0 aromatic rings. The third-order valence-electron chi connectivity index (χ3n) is 1.23. The molecule has 1 fully saturated rings. The Balaban J connectivity index is 2.09. The van der Waals surface area contributed by atoms with Crippen LogP contribution in [0.15, 0.2) is 12.7 Å². The minimum atomic E-state index is 0.229. The van der Waals surface area contributed by atoms with Crippen molar-refractivity contribution in [3.8, 4) is 0 Å². The van der Waals surface area contributed by atoms with Crippen LogP contribution in [0.2, 0.25) is 0 Å². The summed E-state index contributed by atoms with van der Waals surface area (Å²) in [6.07, 6.45) is 2.92. The maximum atomic E-state index is 10.7. The zero-order valence-corrected chi connectivity index (χ0v) is 5.30. The Labute approximate surface area is 54.5 Å². The van der Waals surface area contributed by atoms with Crippen molar-refractivity contribution in [1.29, 1.82) is 0 Å². The van der Waals surface area contributed by atoms with Crippen LogP contribution >= 0.6 is 0 Å². The summed E-state index contributed by atoms with van der Waals surface area (Å²) in [4.78, 5) is 10.7. The highest BCUT2D eigenvalue weighted by Gasteiger charge is 2.24. The molecule has 0 saturated carbocycles. The van der Waals surface area contributed by atoms with Crippen molar-refractivity contribution < 1.29 is 9.53 Å². The van der Waals surface area contributed by atoms with Gasteiger partial charge in [-0.2, -0.15) is 0 Å². The largest absolute Gasteiger partial charge is 0.373 e. The molecule has 9 heavy (non-hydrogen) atoms. The molecular formula is C7H10O2. The predicted molar refractivity (Wildman–Crippen MR) is 34.2 cm³/mol. The number of ketones is 1. The summed E-state index contributed by atoms with van der Waals surface area (Å²) < 4.78 is 4.87. The number of allylic oxidation sites excluding steroid dienone is 1. The first-order valence-electron chi connectivity index (χ1n) is 3.07. The lowest BCUT2D eigenvalue weighted by Gasteiger charge is -1.88. The van der Waals surface area contributed by atoms with E-state index in [2.05, 4.69) is 6.58 Å². The van der Waals surface area contributed by atoms with Crippen LogP contribution in [0, 0.1) is 0 Å². The monoisotopic (exact) mass is 126 g/mol. The van der Waals surface area contributed by atoms with Crippen LogP contribution < -0.4 is 0 Å². The number of ether oxygens (including phenoxy) is 1. The summed E-state index contributed by atoms with van der Waals surface area (Å²) >= 11 is 0. The van der Waals surface area contributed by atoms with E-state index < -0.39 is 0 Å². The van der Waals surface area contributed by atoms with Gasteiger partial charge in [0.05, 0.1) is 12.7 Å². The number of epoxide rings is 1. The molecule has 2 nitrogen and oxygen atoms in total. The van der Waals surface area contributed by atoms with E-state index in [0.29, 0.717) is 12.8 Å². The van der Waals surface area contributed by atoms with Gasteiger partial charge in [0.15, 0.2) is 0 Å². The van der Waals surface area contributed by atoms with E-state index in [-0.39, 0.29) is 11.9 Å². The van der Waals surface area contributed by atoms with Gasteiger partial charge in [-0.15, -0.1) is 6.58 Å². The van der Waals surface area contributed by atoms with Crippen molar-refractivity contribution in [2.45, 2.75) is 18.9 Å². The van der Waals surface area contributed by atoms with Crippen LogP contribution in [0.3, 0.4) is 0 Å². The van der Waals surface area contributed by atoms with Gasteiger partial charge in [0.1, 0.15) is 5.78 Å². The fraction of sp³-hybridized carbons (Fsp3) is 0.571. The molecule has 0 spiro atoms. The summed E-state index contributed by atoms with van der Waals surface area (Å²) in [5.41, 5.74) is 0. The third kappa shape index (κ3) is 2.42. The third-order valence-corrected chi connectivity index (χ3v) is 1.23. The highest BCUT2D eigenvalue weighted by Crippen LogP contribution is 2.14. The number of hydrogen-bond acceptors (Lipinski definition) is 2. The fourth-order valence-corrected chi connectivity index (χ4v) is 0.684. The maximum Gasteiger partial charge on any atom is 0.139 e. The highest BCUT2D eigenvalue weighted by atomic mass is 16.6. The normalized spacial score (nSPS) is 23.3. The van der Waals surface area contributed by atoms with Crippen LogP contribution in [-0.4, -0.2) is 18.5 Å². The van der Waals surface area contributed by atoms with Gasteiger partial charge in [-0.1, -0.05) is 6.08 Å². The molecule has 50 valence electrons. The second-order valence-corrected chi connectivity index (χ2v) is 2.19. The zero-order valence-electron chi connectivity index (χ0n) is 5.30. The molecule has 1 rings (SSSR count). The summed E-state index contributed by atoms with van der Waals surface area (Å²) in [7, 11) is 0. The first kappa shape index (κ1) is 6.49. The Morgan fingerprint density at radius 1 is 1.89 bits per heavy atom. The van der Waals surface area contributed by atoms with Gasteiger partial charge in [-0.3, -0.25) is 4.79 Å². The van der Waals surface area contributed by atoms with E-state index in [9.17, 15) is 4.79 Å². The minimum Gasteiger partial charge on any atom is -0.373 e. The average molecular weight is 126 g/mol. The Morgan fingerprint density at radius 3 is 3.00 bits per heavy atom. The minimum absolute atomic E-state index is 0.229. The van der Waals surface area contributed by atoms with Crippen molar-refractivity contribution in [3.05, 3.63) is 12.7 Å². The molecule has 1 aliphatic rings. The molecule has 0 aromatic carbocycles. The Kier molecular flexibility index (Phi) is 2.01. The van der Waals surface area contributed by atoms with Gasteiger partial charge in [0.2, 0.25) is 0 Å². The van der Waals surface area contributed by atoms with E-state index in [1.807, 2.05) is 0 Å². The van der Waals surface area contributed by atoms with Crippen molar-refractivity contribution in [3.63, 3.8) is 0 Å². The van der Waals surface area contributed by atoms with Crippen molar-refractivity contribution in [1.82, 2.24) is 0 Å². The van der Waals surface area contributed by atoms with E-state index in [0.717, 1.165) is 6.61 Å². The first-order chi connectivity index (χ1) is 4.33. The second-order valence-electron chi connectivity index (χ2n) is 2.19. The average Bonchev–Trinajstić information content (AvgIpc) is 2.50. The Bertz CT molecular complexity index is 125. The number of rotatable bonds is 4. The predicted octanol–water partition coefficient (Wildman–Crippen LogP) is 0.920. The molecule has 0 aromatic heterocycles. The number of carbonyl (C=O) groups excluding carboxylic acids is 1. The number of hydrogen-bond donors (Lipinski definition) is 0. The quantitative estimate of drug-likeness (QED) is 0.414. The van der Waals surface area contributed by atoms with Gasteiger partial charge in [-0.25, -0.2) is 0 Å². The number of carbonyl (C=O) groups is 1.